The summed E-state index contributed by atoms with van der Waals surface area (Å²) in [5, 5.41) is 0. The Bertz CT molecular complexity index is 388. The van der Waals surface area contributed by atoms with Crippen LogP contribution in [0.25, 0.3) is 0 Å². The van der Waals surface area contributed by atoms with Crippen molar-refractivity contribution in [1.29, 1.82) is 0 Å². The van der Waals surface area contributed by atoms with Crippen molar-refractivity contribution < 1.29 is 13.9 Å². The van der Waals surface area contributed by atoms with E-state index in [-0.39, 0.29) is 23.6 Å². The highest BCUT2D eigenvalue weighted by Gasteiger charge is 2.18. The maximum atomic E-state index is 13.2. The molecule has 0 bridgehead atoms. The van der Waals surface area contributed by atoms with Crippen LogP contribution in [0.2, 0.25) is 0 Å². The van der Waals surface area contributed by atoms with Crippen molar-refractivity contribution in [1.82, 2.24) is 0 Å². The molecule has 0 aliphatic rings. The number of nitrogens with two attached hydrogens (primary N) is 1. The Kier molecular flexibility index (Phi) is 5.91. The van der Waals surface area contributed by atoms with Crippen LogP contribution in [-0.2, 0) is 9.47 Å². The molecule has 2 atom stereocenters. The number of halogens is 1. The summed E-state index contributed by atoms with van der Waals surface area (Å²) in [5.41, 5.74) is 6.47. The zero-order valence-electron chi connectivity index (χ0n) is 12.2. The lowest BCUT2D eigenvalue weighted by Gasteiger charge is -2.24. The molecule has 4 heteroatoms. The molecule has 0 aromatic heterocycles. The average Bonchev–Trinajstić information content (AvgIpc) is 2.26. The fourth-order valence-corrected chi connectivity index (χ4v) is 1.76. The second-order valence-corrected chi connectivity index (χ2v) is 5.67. The van der Waals surface area contributed by atoms with E-state index < -0.39 is 0 Å². The Balaban J connectivity index is 2.55. The van der Waals surface area contributed by atoms with E-state index in [1.165, 1.54) is 12.1 Å². The summed E-state index contributed by atoms with van der Waals surface area (Å²) < 4.78 is 24.5. The van der Waals surface area contributed by atoms with E-state index >= 15 is 0 Å². The highest BCUT2D eigenvalue weighted by molar-refractivity contribution is 5.20. The van der Waals surface area contributed by atoms with Gasteiger partial charge in [0, 0.05) is 6.04 Å². The van der Waals surface area contributed by atoms with Gasteiger partial charge in [0.15, 0.2) is 0 Å². The molecule has 0 heterocycles. The van der Waals surface area contributed by atoms with E-state index in [1.807, 2.05) is 33.8 Å². The third-order valence-corrected chi connectivity index (χ3v) is 2.57. The van der Waals surface area contributed by atoms with Crippen molar-refractivity contribution in [3.63, 3.8) is 0 Å². The first kappa shape index (κ1) is 16.1. The standard InChI is InChI=1S/C15H24FNO2/c1-11(17)14(12-6-5-7-13(16)10-12)18-8-9-19-15(2,3)4/h5-7,10-11,14H,8-9,17H2,1-4H3. The number of benzene rings is 1. The minimum absolute atomic E-state index is 0.188. The van der Waals surface area contributed by atoms with Crippen LogP contribution >= 0.6 is 0 Å². The number of rotatable bonds is 6. The van der Waals surface area contributed by atoms with Crippen molar-refractivity contribution in [3.8, 4) is 0 Å². The highest BCUT2D eigenvalue weighted by atomic mass is 19.1. The molecular formula is C15H24FNO2. The fraction of sp³-hybridized carbons (Fsp3) is 0.600. The normalized spacial score (nSPS) is 15.3. The van der Waals surface area contributed by atoms with E-state index in [0.717, 1.165) is 5.56 Å². The van der Waals surface area contributed by atoms with Gasteiger partial charge in [0.25, 0.3) is 0 Å². The van der Waals surface area contributed by atoms with Gasteiger partial charge in [-0.15, -0.1) is 0 Å². The Morgan fingerprint density at radius 1 is 1.26 bits per heavy atom. The Hall–Kier alpha value is -0.970. The fourth-order valence-electron chi connectivity index (χ4n) is 1.76. The molecule has 3 nitrogen and oxygen atoms in total. The SMILES string of the molecule is CC(N)C(OCCOC(C)(C)C)c1cccc(F)c1. The van der Waals surface area contributed by atoms with Gasteiger partial charge in [-0.1, -0.05) is 12.1 Å². The molecule has 2 N–H and O–H groups in total. The topological polar surface area (TPSA) is 44.5 Å². The third-order valence-electron chi connectivity index (χ3n) is 2.57. The number of hydrogen-bond acceptors (Lipinski definition) is 3. The van der Waals surface area contributed by atoms with Crippen LogP contribution in [-0.4, -0.2) is 24.9 Å². The van der Waals surface area contributed by atoms with Crippen molar-refractivity contribution in [2.45, 2.75) is 45.4 Å². The molecule has 0 saturated heterocycles. The van der Waals surface area contributed by atoms with E-state index in [4.69, 9.17) is 15.2 Å². The van der Waals surface area contributed by atoms with Crippen molar-refractivity contribution in [2.24, 2.45) is 5.73 Å². The summed E-state index contributed by atoms with van der Waals surface area (Å²) in [6.45, 7) is 8.73. The molecule has 0 radical (unpaired) electrons. The molecule has 1 aromatic rings. The number of hydrogen-bond donors (Lipinski definition) is 1. The van der Waals surface area contributed by atoms with E-state index in [1.54, 1.807) is 6.07 Å². The summed E-state index contributed by atoms with van der Waals surface area (Å²) in [4.78, 5) is 0. The summed E-state index contributed by atoms with van der Waals surface area (Å²) in [6.07, 6.45) is -0.320. The molecule has 1 rings (SSSR count). The second-order valence-electron chi connectivity index (χ2n) is 5.67. The van der Waals surface area contributed by atoms with Gasteiger partial charge in [0.05, 0.1) is 24.9 Å². The van der Waals surface area contributed by atoms with E-state index in [2.05, 4.69) is 0 Å². The smallest absolute Gasteiger partial charge is 0.123 e. The molecule has 0 fully saturated rings. The van der Waals surface area contributed by atoms with Gasteiger partial charge in [-0.05, 0) is 45.4 Å². The maximum absolute atomic E-state index is 13.2. The lowest BCUT2D eigenvalue weighted by atomic mass is 10.0. The maximum Gasteiger partial charge on any atom is 0.123 e. The zero-order valence-corrected chi connectivity index (χ0v) is 12.2. The quantitative estimate of drug-likeness (QED) is 0.807. The van der Waals surface area contributed by atoms with Gasteiger partial charge in [-0.3, -0.25) is 0 Å². The molecule has 0 aliphatic heterocycles. The monoisotopic (exact) mass is 269 g/mol. The lowest BCUT2D eigenvalue weighted by Crippen LogP contribution is -2.29. The summed E-state index contributed by atoms with van der Waals surface area (Å²) in [5.74, 6) is -0.280. The Labute approximate surface area is 114 Å². The second kappa shape index (κ2) is 6.98. The van der Waals surface area contributed by atoms with Crippen LogP contribution in [0.5, 0.6) is 0 Å². The Morgan fingerprint density at radius 2 is 1.95 bits per heavy atom. The molecule has 0 saturated carbocycles. The van der Waals surface area contributed by atoms with Gasteiger partial charge in [-0.2, -0.15) is 0 Å². The van der Waals surface area contributed by atoms with Crippen LogP contribution in [0, 0.1) is 5.82 Å². The van der Waals surface area contributed by atoms with Crippen LogP contribution in [0.1, 0.15) is 39.4 Å². The predicted molar refractivity (Wildman–Crippen MR) is 74.4 cm³/mol. The van der Waals surface area contributed by atoms with E-state index in [9.17, 15) is 4.39 Å². The molecular weight excluding hydrogens is 245 g/mol. The largest absolute Gasteiger partial charge is 0.373 e. The molecule has 19 heavy (non-hydrogen) atoms. The molecule has 108 valence electrons. The van der Waals surface area contributed by atoms with Gasteiger partial charge >= 0.3 is 0 Å². The summed E-state index contributed by atoms with van der Waals surface area (Å²) in [7, 11) is 0. The van der Waals surface area contributed by atoms with Crippen LogP contribution in [0.15, 0.2) is 24.3 Å². The molecule has 0 amide bonds. The lowest BCUT2D eigenvalue weighted by molar-refractivity contribution is -0.0558. The van der Waals surface area contributed by atoms with Gasteiger partial charge in [-0.25, -0.2) is 4.39 Å². The molecule has 1 aromatic carbocycles. The van der Waals surface area contributed by atoms with Crippen molar-refractivity contribution in [2.75, 3.05) is 13.2 Å². The van der Waals surface area contributed by atoms with Gasteiger partial charge < -0.3 is 15.2 Å². The van der Waals surface area contributed by atoms with Crippen molar-refractivity contribution >= 4 is 0 Å². The van der Waals surface area contributed by atoms with Crippen LogP contribution < -0.4 is 5.73 Å². The number of ether oxygens (including phenoxy) is 2. The molecule has 0 aliphatic carbocycles. The molecule has 2 unspecified atom stereocenters. The molecule has 0 spiro atoms. The van der Waals surface area contributed by atoms with Crippen LogP contribution in [0.4, 0.5) is 4.39 Å². The van der Waals surface area contributed by atoms with Gasteiger partial charge in [0.2, 0.25) is 0 Å². The van der Waals surface area contributed by atoms with Gasteiger partial charge in [0.1, 0.15) is 5.82 Å². The summed E-state index contributed by atoms with van der Waals surface area (Å²) in [6, 6.07) is 6.14. The predicted octanol–water partition coefficient (Wildman–Crippen LogP) is 3.05. The minimum Gasteiger partial charge on any atom is -0.373 e. The third kappa shape index (κ3) is 6.14. The first-order valence-electron chi connectivity index (χ1n) is 6.56. The Morgan fingerprint density at radius 3 is 2.47 bits per heavy atom. The first-order chi connectivity index (χ1) is 8.79. The zero-order chi connectivity index (χ0) is 14.5. The van der Waals surface area contributed by atoms with E-state index in [0.29, 0.717) is 13.2 Å². The highest BCUT2D eigenvalue weighted by Crippen LogP contribution is 2.21. The summed E-state index contributed by atoms with van der Waals surface area (Å²) >= 11 is 0. The minimum atomic E-state index is -0.320. The first-order valence-corrected chi connectivity index (χ1v) is 6.56. The van der Waals surface area contributed by atoms with Crippen LogP contribution in [0.3, 0.4) is 0 Å². The average molecular weight is 269 g/mol. The van der Waals surface area contributed by atoms with Crippen molar-refractivity contribution in [3.05, 3.63) is 35.6 Å².